The van der Waals surface area contributed by atoms with Crippen LogP contribution in [0.2, 0.25) is 0 Å². The summed E-state index contributed by atoms with van der Waals surface area (Å²) < 4.78 is 0. The molecule has 1 aliphatic carbocycles. The highest BCUT2D eigenvalue weighted by Crippen LogP contribution is 2.28. The third-order valence-electron chi connectivity index (χ3n) is 3.72. The molecule has 1 aromatic rings. The van der Waals surface area contributed by atoms with E-state index in [1.165, 1.54) is 44.1 Å². The Hall–Kier alpha value is -0.340. The number of nitrogens with one attached hydrogen (secondary N) is 1. The summed E-state index contributed by atoms with van der Waals surface area (Å²) in [4.78, 5) is 0. The molecule has 90 valence electrons. The second-order valence-corrected chi connectivity index (χ2v) is 5.68. The van der Waals surface area contributed by atoms with Crippen LogP contribution in [-0.4, -0.2) is 12.6 Å². The Morgan fingerprint density at radius 3 is 2.81 bits per heavy atom. The van der Waals surface area contributed by atoms with Crippen LogP contribution in [0.1, 0.15) is 44.6 Å². The van der Waals surface area contributed by atoms with Gasteiger partial charge in [-0.1, -0.05) is 26.2 Å². The van der Waals surface area contributed by atoms with Crippen LogP contribution in [0.15, 0.2) is 16.8 Å². The van der Waals surface area contributed by atoms with Crippen molar-refractivity contribution in [1.29, 1.82) is 0 Å². The lowest BCUT2D eigenvalue weighted by Gasteiger charge is -2.30. The minimum absolute atomic E-state index is 0.708. The van der Waals surface area contributed by atoms with E-state index >= 15 is 0 Å². The van der Waals surface area contributed by atoms with Gasteiger partial charge in [0.05, 0.1) is 0 Å². The van der Waals surface area contributed by atoms with Crippen molar-refractivity contribution < 1.29 is 0 Å². The molecule has 1 atom stereocenters. The Labute approximate surface area is 103 Å². The van der Waals surface area contributed by atoms with E-state index in [2.05, 4.69) is 29.1 Å². The van der Waals surface area contributed by atoms with Gasteiger partial charge in [-0.15, -0.1) is 0 Å². The summed E-state index contributed by atoms with van der Waals surface area (Å²) in [6.07, 6.45) is 8.42. The maximum atomic E-state index is 3.70. The normalized spacial score (nSPS) is 19.8. The molecule has 1 aliphatic rings. The van der Waals surface area contributed by atoms with Crippen LogP contribution in [0, 0.1) is 5.92 Å². The zero-order valence-electron chi connectivity index (χ0n) is 10.2. The van der Waals surface area contributed by atoms with Crippen molar-refractivity contribution in [3.8, 4) is 0 Å². The van der Waals surface area contributed by atoms with Gasteiger partial charge in [-0.2, -0.15) is 11.3 Å². The molecule has 0 amide bonds. The number of thiophene rings is 1. The highest BCUT2D eigenvalue weighted by Gasteiger charge is 2.22. The quantitative estimate of drug-likeness (QED) is 0.820. The molecule has 1 aromatic heterocycles. The summed E-state index contributed by atoms with van der Waals surface area (Å²) in [5.41, 5.74) is 1.52. The lowest BCUT2D eigenvalue weighted by Crippen LogP contribution is -2.38. The van der Waals surface area contributed by atoms with E-state index in [0.29, 0.717) is 6.04 Å². The molecule has 16 heavy (non-hydrogen) atoms. The van der Waals surface area contributed by atoms with Crippen LogP contribution in [0.3, 0.4) is 0 Å². The van der Waals surface area contributed by atoms with Crippen LogP contribution in [-0.2, 0) is 6.42 Å². The predicted octanol–water partition coefficient (Wildman–Crippen LogP) is 3.85. The van der Waals surface area contributed by atoms with Gasteiger partial charge in [0.2, 0.25) is 0 Å². The molecule has 0 aliphatic heterocycles. The van der Waals surface area contributed by atoms with E-state index in [9.17, 15) is 0 Å². The summed E-state index contributed by atoms with van der Waals surface area (Å²) in [5.74, 6) is 0.911. The molecular formula is C14H23NS. The summed E-state index contributed by atoms with van der Waals surface area (Å²) in [6, 6.07) is 2.98. The van der Waals surface area contributed by atoms with Gasteiger partial charge in [0, 0.05) is 6.04 Å². The molecule has 0 aromatic carbocycles. The average molecular weight is 237 g/mol. The molecule has 0 saturated heterocycles. The fraction of sp³-hybridized carbons (Fsp3) is 0.714. The summed E-state index contributed by atoms with van der Waals surface area (Å²) in [5, 5.41) is 8.19. The van der Waals surface area contributed by atoms with Crippen molar-refractivity contribution in [3.63, 3.8) is 0 Å². The fourth-order valence-electron chi connectivity index (χ4n) is 2.87. The number of hydrogen-bond donors (Lipinski definition) is 1. The van der Waals surface area contributed by atoms with Gasteiger partial charge in [-0.05, 0) is 54.1 Å². The average Bonchev–Trinajstić information content (AvgIpc) is 2.83. The van der Waals surface area contributed by atoms with Crippen molar-refractivity contribution in [3.05, 3.63) is 22.4 Å². The third-order valence-corrected chi connectivity index (χ3v) is 4.45. The standard InChI is InChI=1S/C14H23NS/c1-2-15-14(10-12-8-9-16-11-12)13-6-4-3-5-7-13/h8-9,11,13-15H,2-7,10H2,1H3. The molecule has 0 spiro atoms. The molecular weight excluding hydrogens is 214 g/mol. The third kappa shape index (κ3) is 3.33. The van der Waals surface area contributed by atoms with E-state index in [-0.39, 0.29) is 0 Å². The van der Waals surface area contributed by atoms with Crippen LogP contribution in [0.4, 0.5) is 0 Å². The first-order valence-electron chi connectivity index (χ1n) is 6.64. The van der Waals surface area contributed by atoms with Crippen molar-refractivity contribution in [2.75, 3.05) is 6.54 Å². The molecule has 2 heteroatoms. The Morgan fingerprint density at radius 2 is 2.19 bits per heavy atom. The van der Waals surface area contributed by atoms with Gasteiger partial charge in [0.1, 0.15) is 0 Å². The van der Waals surface area contributed by atoms with E-state index in [1.807, 2.05) is 11.3 Å². The van der Waals surface area contributed by atoms with Gasteiger partial charge in [-0.3, -0.25) is 0 Å². The highest BCUT2D eigenvalue weighted by molar-refractivity contribution is 7.07. The lowest BCUT2D eigenvalue weighted by atomic mass is 9.82. The summed E-state index contributed by atoms with van der Waals surface area (Å²) >= 11 is 1.82. The first kappa shape index (κ1) is 12.1. The topological polar surface area (TPSA) is 12.0 Å². The fourth-order valence-corrected chi connectivity index (χ4v) is 3.55. The van der Waals surface area contributed by atoms with Crippen LogP contribution in [0.25, 0.3) is 0 Å². The van der Waals surface area contributed by atoms with Crippen LogP contribution >= 0.6 is 11.3 Å². The van der Waals surface area contributed by atoms with Gasteiger partial charge in [0.25, 0.3) is 0 Å². The molecule has 1 nitrogen and oxygen atoms in total. The number of hydrogen-bond acceptors (Lipinski definition) is 2. The van der Waals surface area contributed by atoms with Crippen molar-refractivity contribution in [2.45, 2.75) is 51.5 Å². The maximum Gasteiger partial charge on any atom is 0.0136 e. The van der Waals surface area contributed by atoms with Gasteiger partial charge in [-0.25, -0.2) is 0 Å². The van der Waals surface area contributed by atoms with Crippen LogP contribution < -0.4 is 5.32 Å². The van der Waals surface area contributed by atoms with E-state index in [4.69, 9.17) is 0 Å². The number of likely N-dealkylation sites (N-methyl/N-ethyl adjacent to an activating group) is 1. The minimum Gasteiger partial charge on any atom is -0.314 e. The summed E-state index contributed by atoms with van der Waals surface area (Å²) in [6.45, 7) is 3.33. The second kappa shape index (κ2) is 6.41. The van der Waals surface area contributed by atoms with Gasteiger partial charge in [0.15, 0.2) is 0 Å². The Kier molecular flexibility index (Phi) is 4.86. The molecule has 1 saturated carbocycles. The van der Waals surface area contributed by atoms with Gasteiger partial charge < -0.3 is 5.32 Å². The van der Waals surface area contributed by atoms with Crippen LogP contribution in [0.5, 0.6) is 0 Å². The molecule has 1 heterocycles. The second-order valence-electron chi connectivity index (χ2n) is 4.90. The highest BCUT2D eigenvalue weighted by atomic mass is 32.1. The molecule has 1 fully saturated rings. The van der Waals surface area contributed by atoms with E-state index in [1.54, 1.807) is 0 Å². The minimum atomic E-state index is 0.708. The largest absolute Gasteiger partial charge is 0.314 e. The van der Waals surface area contributed by atoms with E-state index < -0.39 is 0 Å². The first-order valence-corrected chi connectivity index (χ1v) is 7.59. The molecule has 1 N–H and O–H groups in total. The Bertz CT molecular complexity index is 275. The Balaban J connectivity index is 1.92. The maximum absolute atomic E-state index is 3.70. The number of rotatable bonds is 5. The molecule has 1 unspecified atom stereocenters. The zero-order valence-corrected chi connectivity index (χ0v) is 11.1. The monoisotopic (exact) mass is 237 g/mol. The molecule has 0 bridgehead atoms. The van der Waals surface area contributed by atoms with Gasteiger partial charge >= 0.3 is 0 Å². The molecule has 2 rings (SSSR count). The molecule has 0 radical (unpaired) electrons. The van der Waals surface area contributed by atoms with E-state index in [0.717, 1.165) is 12.5 Å². The van der Waals surface area contributed by atoms with Crippen molar-refractivity contribution >= 4 is 11.3 Å². The Morgan fingerprint density at radius 1 is 1.38 bits per heavy atom. The first-order chi connectivity index (χ1) is 7.90. The van der Waals surface area contributed by atoms with Crippen molar-refractivity contribution in [2.24, 2.45) is 5.92 Å². The predicted molar refractivity (Wildman–Crippen MR) is 72.1 cm³/mol. The lowest BCUT2D eigenvalue weighted by molar-refractivity contribution is 0.270. The van der Waals surface area contributed by atoms with Crippen molar-refractivity contribution in [1.82, 2.24) is 5.32 Å². The SMILES string of the molecule is CCNC(Cc1ccsc1)C1CCCCC1. The zero-order chi connectivity index (χ0) is 11.2. The smallest absolute Gasteiger partial charge is 0.0136 e. The summed E-state index contributed by atoms with van der Waals surface area (Å²) in [7, 11) is 0.